The molecule has 2 amide bonds. The molecular weight excluding hydrogens is 564 g/mol. The fraction of sp³-hybridized carbons (Fsp3) is 0.853. The highest BCUT2D eigenvalue weighted by atomic mass is 16.6. The Bertz CT molecular complexity index is 860. The number of carboxylic acids is 1. The Labute approximate surface area is 266 Å². The molecule has 0 aliphatic heterocycles. The van der Waals surface area contributed by atoms with Gasteiger partial charge in [0.15, 0.2) is 0 Å². The number of unbranched alkanes of at least 4 members (excludes halogenated alkanes) is 12. The van der Waals surface area contributed by atoms with Crippen LogP contribution in [0.25, 0.3) is 0 Å². The molecule has 0 aromatic rings. The molecule has 10 nitrogen and oxygen atoms in total. The molecule has 0 rings (SSSR count). The average molecular weight is 627 g/mol. The van der Waals surface area contributed by atoms with Crippen LogP contribution in [0.15, 0.2) is 0 Å². The molecule has 0 bridgehead atoms. The predicted molar refractivity (Wildman–Crippen MR) is 172 cm³/mol. The summed E-state index contributed by atoms with van der Waals surface area (Å²) in [5, 5.41) is 14.3. The standard InChI is InChI=1S/C34H62N2O8/c1-8-9-10-11-12-13-14-15-16-17-18-19-20-21-28(37)35-26(31(41)43-33(2,3)4)22-24-29(38)36-27(23-25-30(39)40)32(42)44-34(5,6)7/h26-27H,8-25H2,1-7H3,(H,35,37)(H,36,38)(H,39,40)/t26-,27+/m1/s1. The lowest BCUT2D eigenvalue weighted by Crippen LogP contribution is -2.46. The van der Waals surface area contributed by atoms with Gasteiger partial charge in [-0.1, -0.05) is 84.0 Å². The van der Waals surface area contributed by atoms with E-state index in [0.717, 1.165) is 19.3 Å². The molecule has 0 aliphatic carbocycles. The number of ether oxygens (including phenoxy) is 2. The summed E-state index contributed by atoms with van der Waals surface area (Å²) in [7, 11) is 0. The van der Waals surface area contributed by atoms with Crippen molar-refractivity contribution in [3.05, 3.63) is 0 Å². The zero-order valence-electron chi connectivity index (χ0n) is 28.7. The third-order valence-electron chi connectivity index (χ3n) is 6.87. The molecule has 0 radical (unpaired) electrons. The number of amides is 2. The summed E-state index contributed by atoms with van der Waals surface area (Å²) < 4.78 is 10.8. The maximum atomic E-state index is 12.9. The number of aliphatic carboxylic acids is 1. The minimum absolute atomic E-state index is 0.0366. The molecule has 0 unspecified atom stereocenters. The van der Waals surface area contributed by atoms with Crippen LogP contribution in [0, 0.1) is 0 Å². The van der Waals surface area contributed by atoms with Crippen molar-refractivity contribution in [2.45, 2.75) is 187 Å². The molecular formula is C34H62N2O8. The van der Waals surface area contributed by atoms with Crippen molar-refractivity contribution in [2.24, 2.45) is 0 Å². The van der Waals surface area contributed by atoms with Gasteiger partial charge >= 0.3 is 17.9 Å². The van der Waals surface area contributed by atoms with Crippen LogP contribution < -0.4 is 10.6 Å². The molecule has 3 N–H and O–H groups in total. The van der Waals surface area contributed by atoms with Gasteiger partial charge in [-0.15, -0.1) is 0 Å². The fourth-order valence-electron chi connectivity index (χ4n) is 4.62. The first kappa shape index (κ1) is 41.4. The largest absolute Gasteiger partial charge is 0.481 e. The van der Waals surface area contributed by atoms with E-state index in [0.29, 0.717) is 6.42 Å². The Morgan fingerprint density at radius 1 is 0.545 bits per heavy atom. The van der Waals surface area contributed by atoms with Crippen LogP contribution in [-0.2, 0) is 33.4 Å². The summed E-state index contributed by atoms with van der Waals surface area (Å²) in [4.78, 5) is 61.9. The van der Waals surface area contributed by atoms with E-state index >= 15 is 0 Å². The zero-order valence-corrected chi connectivity index (χ0v) is 28.7. The maximum absolute atomic E-state index is 12.9. The quantitative estimate of drug-likeness (QED) is 0.0786. The highest BCUT2D eigenvalue weighted by molar-refractivity contribution is 5.87. The van der Waals surface area contributed by atoms with Crippen molar-refractivity contribution < 1.29 is 38.6 Å². The third-order valence-corrected chi connectivity index (χ3v) is 6.87. The van der Waals surface area contributed by atoms with Gasteiger partial charge in [-0.25, -0.2) is 9.59 Å². The van der Waals surface area contributed by atoms with Crippen LogP contribution in [0.3, 0.4) is 0 Å². The first-order chi connectivity index (χ1) is 20.5. The molecule has 0 saturated carbocycles. The van der Waals surface area contributed by atoms with E-state index in [1.807, 2.05) is 0 Å². The Hall–Kier alpha value is -2.65. The Morgan fingerprint density at radius 3 is 1.25 bits per heavy atom. The number of carbonyl (C=O) groups is 5. The normalized spacial score (nSPS) is 13.1. The summed E-state index contributed by atoms with van der Waals surface area (Å²) in [6.45, 7) is 12.4. The van der Waals surface area contributed by atoms with Crippen LogP contribution in [0.5, 0.6) is 0 Å². The summed E-state index contributed by atoms with van der Waals surface area (Å²) in [6, 6.07) is -2.18. The molecule has 10 heteroatoms. The van der Waals surface area contributed by atoms with Gasteiger partial charge in [0.05, 0.1) is 0 Å². The molecule has 0 fully saturated rings. The van der Waals surface area contributed by atoms with E-state index in [2.05, 4.69) is 17.6 Å². The van der Waals surface area contributed by atoms with E-state index < -0.39 is 47.1 Å². The molecule has 2 atom stereocenters. The number of hydrogen-bond donors (Lipinski definition) is 3. The molecule has 0 aliphatic rings. The van der Waals surface area contributed by atoms with Gasteiger partial charge in [-0.05, 0) is 60.8 Å². The Kier molecular flexibility index (Phi) is 21.4. The molecule has 256 valence electrons. The molecule has 44 heavy (non-hydrogen) atoms. The predicted octanol–water partition coefficient (Wildman–Crippen LogP) is 6.77. The Morgan fingerprint density at radius 2 is 0.886 bits per heavy atom. The highest BCUT2D eigenvalue weighted by Crippen LogP contribution is 2.15. The van der Waals surface area contributed by atoms with Gasteiger partial charge in [-0.2, -0.15) is 0 Å². The van der Waals surface area contributed by atoms with Gasteiger partial charge in [-0.3, -0.25) is 14.4 Å². The smallest absolute Gasteiger partial charge is 0.329 e. The molecule has 0 heterocycles. The van der Waals surface area contributed by atoms with Gasteiger partial charge in [0, 0.05) is 19.3 Å². The monoisotopic (exact) mass is 626 g/mol. The second-order valence-electron chi connectivity index (χ2n) is 13.8. The Balaban J connectivity index is 4.74. The first-order valence-corrected chi connectivity index (χ1v) is 16.8. The lowest BCUT2D eigenvalue weighted by atomic mass is 10.0. The van der Waals surface area contributed by atoms with Gasteiger partial charge < -0.3 is 25.2 Å². The second kappa shape index (κ2) is 22.8. The minimum Gasteiger partial charge on any atom is -0.481 e. The number of rotatable bonds is 24. The summed E-state index contributed by atoms with van der Waals surface area (Å²) in [5.41, 5.74) is -1.60. The van der Waals surface area contributed by atoms with E-state index in [4.69, 9.17) is 14.6 Å². The van der Waals surface area contributed by atoms with E-state index in [9.17, 15) is 24.0 Å². The molecule has 0 aromatic heterocycles. The lowest BCUT2D eigenvalue weighted by molar-refractivity contribution is -0.160. The maximum Gasteiger partial charge on any atom is 0.329 e. The number of hydrogen-bond acceptors (Lipinski definition) is 7. The van der Waals surface area contributed by atoms with Crippen LogP contribution in [0.2, 0.25) is 0 Å². The van der Waals surface area contributed by atoms with E-state index in [1.54, 1.807) is 41.5 Å². The van der Waals surface area contributed by atoms with Gasteiger partial charge in [0.25, 0.3) is 0 Å². The zero-order chi connectivity index (χ0) is 33.6. The summed E-state index contributed by atoms with van der Waals surface area (Å²) >= 11 is 0. The van der Waals surface area contributed by atoms with Crippen molar-refractivity contribution >= 4 is 29.7 Å². The number of nitrogens with one attached hydrogen (secondary N) is 2. The summed E-state index contributed by atoms with van der Waals surface area (Å²) in [5.74, 6) is -3.33. The fourth-order valence-corrected chi connectivity index (χ4v) is 4.62. The summed E-state index contributed by atoms with van der Waals surface area (Å²) in [6.07, 6.45) is 15.2. The minimum atomic E-state index is -1.15. The van der Waals surface area contributed by atoms with Crippen molar-refractivity contribution in [3.63, 3.8) is 0 Å². The third kappa shape index (κ3) is 24.8. The lowest BCUT2D eigenvalue weighted by Gasteiger charge is -2.25. The van der Waals surface area contributed by atoms with Crippen LogP contribution in [-0.4, -0.2) is 58.1 Å². The SMILES string of the molecule is CCCCCCCCCCCCCCCC(=O)N[C@H](CCC(=O)N[C@@H](CCC(=O)O)C(=O)OC(C)(C)C)C(=O)OC(C)(C)C. The number of carboxylic acid groups (broad SMARTS) is 1. The highest BCUT2D eigenvalue weighted by Gasteiger charge is 2.30. The van der Waals surface area contributed by atoms with E-state index in [1.165, 1.54) is 57.8 Å². The van der Waals surface area contributed by atoms with Crippen molar-refractivity contribution in [2.75, 3.05) is 0 Å². The van der Waals surface area contributed by atoms with Crippen LogP contribution in [0.4, 0.5) is 0 Å². The van der Waals surface area contributed by atoms with Crippen LogP contribution in [0.1, 0.15) is 164 Å². The van der Waals surface area contributed by atoms with Crippen molar-refractivity contribution in [1.29, 1.82) is 0 Å². The number of carbonyl (C=O) groups excluding carboxylic acids is 4. The van der Waals surface area contributed by atoms with Crippen molar-refractivity contribution in [1.82, 2.24) is 10.6 Å². The van der Waals surface area contributed by atoms with Crippen LogP contribution >= 0.6 is 0 Å². The molecule has 0 spiro atoms. The number of esters is 2. The average Bonchev–Trinajstić information content (AvgIpc) is 2.89. The van der Waals surface area contributed by atoms with E-state index in [-0.39, 0.29) is 38.0 Å². The van der Waals surface area contributed by atoms with Gasteiger partial charge in [0.1, 0.15) is 23.3 Å². The molecule has 0 aromatic carbocycles. The van der Waals surface area contributed by atoms with Crippen molar-refractivity contribution in [3.8, 4) is 0 Å². The van der Waals surface area contributed by atoms with Gasteiger partial charge in [0.2, 0.25) is 11.8 Å². The molecule has 0 saturated heterocycles. The first-order valence-electron chi connectivity index (χ1n) is 16.8. The second-order valence-corrected chi connectivity index (χ2v) is 13.8. The topological polar surface area (TPSA) is 148 Å².